The highest BCUT2D eigenvalue weighted by Crippen LogP contribution is 2.52. The Balaban J connectivity index is 1.25. The molecule has 3 heteroatoms. The summed E-state index contributed by atoms with van der Waals surface area (Å²) >= 11 is 0. The Labute approximate surface area is 164 Å². The smallest absolute Gasteiger partial charge is 0.221 e. The van der Waals surface area contributed by atoms with Crippen molar-refractivity contribution in [2.45, 2.75) is 76.2 Å². The number of nitrogens with zero attached hydrogens (tertiary/aromatic N) is 1. The van der Waals surface area contributed by atoms with E-state index in [4.69, 9.17) is 0 Å². The molecule has 1 unspecified atom stereocenters. The topological polar surface area (TPSA) is 32.3 Å². The van der Waals surface area contributed by atoms with Crippen molar-refractivity contribution in [2.24, 2.45) is 11.3 Å². The molecule has 0 bridgehead atoms. The van der Waals surface area contributed by atoms with Crippen LogP contribution in [0.3, 0.4) is 0 Å². The molecule has 148 valence electrons. The van der Waals surface area contributed by atoms with Gasteiger partial charge in [-0.2, -0.15) is 0 Å². The van der Waals surface area contributed by atoms with E-state index in [1.807, 2.05) is 0 Å². The van der Waals surface area contributed by atoms with Crippen LogP contribution in [0.1, 0.15) is 76.2 Å². The number of benzene rings is 1. The van der Waals surface area contributed by atoms with Crippen molar-refractivity contribution in [1.82, 2.24) is 10.2 Å². The Morgan fingerprint density at radius 1 is 1.15 bits per heavy atom. The van der Waals surface area contributed by atoms with Gasteiger partial charge in [-0.15, -0.1) is 0 Å². The van der Waals surface area contributed by atoms with Gasteiger partial charge in [0.15, 0.2) is 0 Å². The SMILES string of the molecule is CNC(=O)CC1(N2CCC(C)(CC[C@@H]3CC3c3ccccc3)CC2)CCC1. The van der Waals surface area contributed by atoms with Gasteiger partial charge < -0.3 is 5.32 Å². The van der Waals surface area contributed by atoms with E-state index in [9.17, 15) is 4.79 Å². The van der Waals surface area contributed by atoms with Gasteiger partial charge in [-0.05, 0) is 87.3 Å². The van der Waals surface area contributed by atoms with Crippen LogP contribution >= 0.6 is 0 Å². The van der Waals surface area contributed by atoms with Gasteiger partial charge in [0.2, 0.25) is 5.91 Å². The predicted molar refractivity (Wildman–Crippen MR) is 111 cm³/mol. The molecule has 2 atom stereocenters. The molecule has 1 aromatic rings. The van der Waals surface area contributed by atoms with Crippen LogP contribution in [0, 0.1) is 11.3 Å². The molecule has 2 aliphatic carbocycles. The lowest BCUT2D eigenvalue weighted by Crippen LogP contribution is -2.58. The van der Waals surface area contributed by atoms with Gasteiger partial charge in [0.05, 0.1) is 0 Å². The van der Waals surface area contributed by atoms with Gasteiger partial charge in [0.1, 0.15) is 0 Å². The fraction of sp³-hybridized carbons (Fsp3) is 0.708. The minimum Gasteiger partial charge on any atom is -0.359 e. The minimum atomic E-state index is 0.177. The summed E-state index contributed by atoms with van der Waals surface area (Å²) in [4.78, 5) is 14.6. The van der Waals surface area contributed by atoms with Crippen LogP contribution in [0.2, 0.25) is 0 Å². The molecular formula is C24H36N2O. The monoisotopic (exact) mass is 368 g/mol. The van der Waals surface area contributed by atoms with E-state index in [1.165, 1.54) is 64.5 Å². The molecule has 0 aromatic heterocycles. The van der Waals surface area contributed by atoms with E-state index in [-0.39, 0.29) is 11.4 Å². The van der Waals surface area contributed by atoms with Gasteiger partial charge in [-0.25, -0.2) is 0 Å². The van der Waals surface area contributed by atoms with Crippen LogP contribution in [-0.4, -0.2) is 36.5 Å². The average Bonchev–Trinajstić information content (AvgIpc) is 3.44. The first-order valence-electron chi connectivity index (χ1n) is 11.0. The molecule has 1 heterocycles. The largest absolute Gasteiger partial charge is 0.359 e. The number of amides is 1. The summed E-state index contributed by atoms with van der Waals surface area (Å²) in [5.74, 6) is 1.94. The Hall–Kier alpha value is -1.35. The summed E-state index contributed by atoms with van der Waals surface area (Å²) in [6.07, 6.45) is 11.1. The first kappa shape index (κ1) is 19.0. The van der Waals surface area contributed by atoms with Gasteiger partial charge in [-0.3, -0.25) is 9.69 Å². The van der Waals surface area contributed by atoms with E-state index in [0.717, 1.165) is 11.8 Å². The predicted octanol–water partition coefficient (Wildman–Crippen LogP) is 4.73. The average molecular weight is 369 g/mol. The standard InChI is InChI=1S/C24H36N2O/c1-23(12-9-20-17-21(20)19-7-4-3-5-8-19)13-15-26(16-14-23)24(10-6-11-24)18-22(27)25-2/h3-5,7-8,20-21H,6,9-18H2,1-2H3,(H,25,27)/t20-,21?/m1/s1. The zero-order valence-corrected chi connectivity index (χ0v) is 17.2. The number of likely N-dealkylation sites (tertiary alicyclic amines) is 1. The highest BCUT2D eigenvalue weighted by atomic mass is 16.1. The summed E-state index contributed by atoms with van der Waals surface area (Å²) in [5, 5.41) is 2.84. The number of piperidine rings is 1. The molecule has 27 heavy (non-hydrogen) atoms. The van der Waals surface area contributed by atoms with Crippen LogP contribution in [-0.2, 0) is 4.79 Å². The molecule has 3 aliphatic rings. The van der Waals surface area contributed by atoms with Crippen LogP contribution < -0.4 is 5.32 Å². The molecule has 1 saturated heterocycles. The maximum atomic E-state index is 12.0. The molecular weight excluding hydrogens is 332 g/mol. The lowest BCUT2D eigenvalue weighted by atomic mass is 9.69. The molecule has 0 spiro atoms. The second kappa shape index (κ2) is 7.58. The molecule has 1 N–H and O–H groups in total. The molecule has 1 aromatic carbocycles. The molecule has 0 radical (unpaired) electrons. The summed E-state index contributed by atoms with van der Waals surface area (Å²) in [5.41, 5.74) is 2.22. The van der Waals surface area contributed by atoms with E-state index in [1.54, 1.807) is 12.6 Å². The lowest BCUT2D eigenvalue weighted by Gasteiger charge is -2.54. The van der Waals surface area contributed by atoms with E-state index in [0.29, 0.717) is 11.8 Å². The Bertz CT molecular complexity index is 644. The normalized spacial score (nSPS) is 29.0. The van der Waals surface area contributed by atoms with Crippen molar-refractivity contribution in [1.29, 1.82) is 0 Å². The second-order valence-corrected chi connectivity index (χ2v) is 9.78. The molecule has 1 aliphatic heterocycles. The highest BCUT2D eigenvalue weighted by molar-refractivity contribution is 5.77. The van der Waals surface area contributed by atoms with Crippen molar-refractivity contribution in [3.05, 3.63) is 35.9 Å². The molecule has 2 saturated carbocycles. The third-order valence-electron chi connectivity index (χ3n) is 7.96. The number of rotatable bonds is 7. The van der Waals surface area contributed by atoms with Crippen LogP contribution in [0.5, 0.6) is 0 Å². The quantitative estimate of drug-likeness (QED) is 0.754. The number of hydrogen-bond donors (Lipinski definition) is 1. The van der Waals surface area contributed by atoms with Crippen LogP contribution in [0.25, 0.3) is 0 Å². The third kappa shape index (κ3) is 4.08. The van der Waals surface area contributed by atoms with E-state index >= 15 is 0 Å². The van der Waals surface area contributed by atoms with Crippen molar-refractivity contribution in [2.75, 3.05) is 20.1 Å². The second-order valence-electron chi connectivity index (χ2n) is 9.78. The maximum Gasteiger partial charge on any atom is 0.221 e. The van der Waals surface area contributed by atoms with Crippen LogP contribution in [0.15, 0.2) is 30.3 Å². The summed E-state index contributed by atoms with van der Waals surface area (Å²) in [6, 6.07) is 11.1. The Morgan fingerprint density at radius 2 is 1.85 bits per heavy atom. The maximum absolute atomic E-state index is 12.0. The van der Waals surface area contributed by atoms with Crippen molar-refractivity contribution < 1.29 is 4.79 Å². The van der Waals surface area contributed by atoms with Gasteiger partial charge in [-0.1, -0.05) is 37.3 Å². The molecule has 1 amide bonds. The summed E-state index contributed by atoms with van der Waals surface area (Å²) in [6.45, 7) is 4.87. The van der Waals surface area contributed by atoms with Gasteiger partial charge in [0, 0.05) is 19.0 Å². The van der Waals surface area contributed by atoms with Gasteiger partial charge in [0.25, 0.3) is 0 Å². The van der Waals surface area contributed by atoms with Gasteiger partial charge >= 0.3 is 0 Å². The lowest BCUT2D eigenvalue weighted by molar-refractivity contribution is -0.127. The fourth-order valence-corrected chi connectivity index (χ4v) is 5.56. The minimum absolute atomic E-state index is 0.177. The fourth-order valence-electron chi connectivity index (χ4n) is 5.56. The summed E-state index contributed by atoms with van der Waals surface area (Å²) in [7, 11) is 1.77. The highest BCUT2D eigenvalue weighted by Gasteiger charge is 2.46. The third-order valence-corrected chi connectivity index (χ3v) is 7.96. The molecule has 3 fully saturated rings. The first-order valence-corrected chi connectivity index (χ1v) is 11.0. The van der Waals surface area contributed by atoms with Crippen molar-refractivity contribution in [3.8, 4) is 0 Å². The number of carbonyl (C=O) groups is 1. The Kier molecular flexibility index (Phi) is 5.33. The first-order chi connectivity index (χ1) is 13.0. The number of hydrogen-bond acceptors (Lipinski definition) is 2. The zero-order chi connectivity index (χ0) is 18.9. The summed E-state index contributed by atoms with van der Waals surface area (Å²) < 4.78 is 0. The Morgan fingerprint density at radius 3 is 2.44 bits per heavy atom. The van der Waals surface area contributed by atoms with E-state index in [2.05, 4.69) is 47.5 Å². The van der Waals surface area contributed by atoms with Crippen molar-refractivity contribution >= 4 is 5.91 Å². The number of nitrogens with one attached hydrogen (secondary N) is 1. The molecule has 4 rings (SSSR count). The van der Waals surface area contributed by atoms with Crippen LogP contribution in [0.4, 0.5) is 0 Å². The van der Waals surface area contributed by atoms with Crippen molar-refractivity contribution in [3.63, 3.8) is 0 Å². The zero-order valence-electron chi connectivity index (χ0n) is 17.2. The van der Waals surface area contributed by atoms with E-state index < -0.39 is 0 Å². The molecule has 3 nitrogen and oxygen atoms in total. The number of carbonyl (C=O) groups excluding carboxylic acids is 1.